The lowest BCUT2D eigenvalue weighted by molar-refractivity contribution is -0.114. The molecule has 2 saturated heterocycles. The molecule has 2 aliphatic heterocycles. The molecule has 1 aliphatic carbocycles. The fourth-order valence-corrected chi connectivity index (χ4v) is 5.20. The third-order valence-corrected chi connectivity index (χ3v) is 7.48. The van der Waals surface area contributed by atoms with Crippen molar-refractivity contribution in [3.05, 3.63) is 80.9 Å². The summed E-state index contributed by atoms with van der Waals surface area (Å²) in [5, 5.41) is 7.68. The minimum absolute atomic E-state index is 0.125. The minimum Gasteiger partial charge on any atom is -0.304 e. The summed E-state index contributed by atoms with van der Waals surface area (Å²) in [5.41, 5.74) is 6.25. The Hall–Kier alpha value is -2.27. The maximum Gasteiger partial charge on any atom is 0.181 e. The SMILES string of the molecule is CC1=C(CC2NC2c2cccc(CC3NC3C(=O)c3ccccc3C)c2Cl)CCC1=O. The number of hydrogen-bond acceptors (Lipinski definition) is 4. The summed E-state index contributed by atoms with van der Waals surface area (Å²) in [6.07, 6.45) is 3.21. The van der Waals surface area contributed by atoms with Gasteiger partial charge in [-0.15, -0.1) is 0 Å². The molecule has 0 radical (unpaired) electrons. The highest BCUT2D eigenvalue weighted by molar-refractivity contribution is 6.32. The number of rotatable bonds is 7. The Labute approximate surface area is 188 Å². The van der Waals surface area contributed by atoms with Gasteiger partial charge in [0.2, 0.25) is 0 Å². The van der Waals surface area contributed by atoms with Crippen LogP contribution in [0.1, 0.15) is 59.3 Å². The maximum atomic E-state index is 12.8. The Balaban J connectivity index is 1.24. The van der Waals surface area contributed by atoms with Crippen molar-refractivity contribution in [1.82, 2.24) is 10.6 Å². The zero-order chi connectivity index (χ0) is 21.7. The van der Waals surface area contributed by atoms with Crippen LogP contribution < -0.4 is 10.6 Å². The molecule has 2 aromatic carbocycles. The number of halogens is 1. The van der Waals surface area contributed by atoms with Crippen LogP contribution >= 0.6 is 11.6 Å². The Kier molecular flexibility index (Phi) is 5.33. The summed E-state index contributed by atoms with van der Waals surface area (Å²) in [7, 11) is 0. The van der Waals surface area contributed by atoms with Crippen LogP contribution in [0.4, 0.5) is 0 Å². The smallest absolute Gasteiger partial charge is 0.181 e. The molecular weight excluding hydrogens is 408 g/mol. The van der Waals surface area contributed by atoms with Crippen LogP contribution in [0.3, 0.4) is 0 Å². The normalized spacial score (nSPS) is 27.0. The number of carbonyl (C=O) groups is 2. The molecule has 3 aliphatic rings. The van der Waals surface area contributed by atoms with Crippen LogP contribution in [-0.2, 0) is 11.2 Å². The topological polar surface area (TPSA) is 78.0 Å². The van der Waals surface area contributed by atoms with Crippen molar-refractivity contribution in [2.24, 2.45) is 0 Å². The molecule has 2 aromatic rings. The summed E-state index contributed by atoms with van der Waals surface area (Å²) < 4.78 is 0. The van der Waals surface area contributed by atoms with Gasteiger partial charge < -0.3 is 10.6 Å². The molecule has 4 nitrogen and oxygen atoms in total. The molecule has 0 saturated carbocycles. The first-order valence-electron chi connectivity index (χ1n) is 11.0. The largest absolute Gasteiger partial charge is 0.304 e. The Morgan fingerprint density at radius 3 is 2.55 bits per heavy atom. The third-order valence-electron chi connectivity index (χ3n) is 7.02. The zero-order valence-electron chi connectivity index (χ0n) is 17.9. The first-order chi connectivity index (χ1) is 14.9. The highest BCUT2D eigenvalue weighted by Gasteiger charge is 2.44. The van der Waals surface area contributed by atoms with E-state index in [4.69, 9.17) is 11.6 Å². The first-order valence-corrected chi connectivity index (χ1v) is 11.4. The van der Waals surface area contributed by atoms with Gasteiger partial charge in [0.1, 0.15) is 0 Å². The molecule has 4 unspecified atom stereocenters. The maximum absolute atomic E-state index is 12.8. The van der Waals surface area contributed by atoms with Crippen LogP contribution in [0.15, 0.2) is 53.6 Å². The van der Waals surface area contributed by atoms with E-state index in [1.54, 1.807) is 0 Å². The zero-order valence-corrected chi connectivity index (χ0v) is 18.6. The van der Waals surface area contributed by atoms with E-state index in [0.717, 1.165) is 52.1 Å². The molecule has 4 atom stereocenters. The van der Waals surface area contributed by atoms with Gasteiger partial charge in [-0.25, -0.2) is 0 Å². The number of benzene rings is 2. The number of ketones is 2. The predicted molar refractivity (Wildman–Crippen MR) is 123 cm³/mol. The molecule has 0 spiro atoms. The van der Waals surface area contributed by atoms with Crippen molar-refractivity contribution >= 4 is 23.2 Å². The van der Waals surface area contributed by atoms with Gasteiger partial charge in [-0.3, -0.25) is 9.59 Å². The fourth-order valence-electron chi connectivity index (χ4n) is 4.88. The summed E-state index contributed by atoms with van der Waals surface area (Å²) in [6.45, 7) is 3.93. The molecular formula is C26H27ClN2O2. The number of nitrogens with one attached hydrogen (secondary N) is 2. The van der Waals surface area contributed by atoms with E-state index in [2.05, 4.69) is 28.8 Å². The lowest BCUT2D eigenvalue weighted by atomic mass is 9.97. The highest BCUT2D eigenvalue weighted by Crippen LogP contribution is 2.41. The van der Waals surface area contributed by atoms with Gasteiger partial charge in [-0.2, -0.15) is 0 Å². The van der Waals surface area contributed by atoms with E-state index in [1.165, 1.54) is 5.57 Å². The second-order valence-corrected chi connectivity index (χ2v) is 9.44. The van der Waals surface area contributed by atoms with E-state index in [1.807, 2.05) is 38.1 Å². The van der Waals surface area contributed by atoms with Crippen molar-refractivity contribution in [2.75, 3.05) is 0 Å². The number of allylic oxidation sites excluding steroid dienone is 1. The van der Waals surface area contributed by atoms with Crippen LogP contribution in [-0.4, -0.2) is 29.7 Å². The van der Waals surface area contributed by atoms with Crippen molar-refractivity contribution < 1.29 is 9.59 Å². The van der Waals surface area contributed by atoms with E-state index in [-0.39, 0.29) is 23.9 Å². The Morgan fingerprint density at radius 2 is 1.81 bits per heavy atom. The lowest BCUT2D eigenvalue weighted by Gasteiger charge is -2.09. The second-order valence-electron chi connectivity index (χ2n) is 9.06. The first kappa shape index (κ1) is 20.6. The van der Waals surface area contributed by atoms with Crippen molar-refractivity contribution in [1.29, 1.82) is 0 Å². The summed E-state index contributed by atoms with van der Waals surface area (Å²) >= 11 is 6.80. The molecule has 0 aromatic heterocycles. The number of Topliss-reactive ketones (excluding diaryl/α,β-unsaturated/α-hetero) is 2. The summed E-state index contributed by atoms with van der Waals surface area (Å²) in [6, 6.07) is 14.5. The molecule has 0 bridgehead atoms. The van der Waals surface area contributed by atoms with Crippen LogP contribution in [0, 0.1) is 6.92 Å². The van der Waals surface area contributed by atoms with E-state index < -0.39 is 0 Å². The average molecular weight is 435 g/mol. The third kappa shape index (κ3) is 4.00. The Morgan fingerprint density at radius 1 is 1.00 bits per heavy atom. The average Bonchev–Trinajstić information content (AvgIpc) is 3.66. The van der Waals surface area contributed by atoms with Gasteiger partial charge in [0.25, 0.3) is 0 Å². The molecule has 2 N–H and O–H groups in total. The monoisotopic (exact) mass is 434 g/mol. The predicted octanol–water partition coefficient (Wildman–Crippen LogP) is 4.50. The van der Waals surface area contributed by atoms with Gasteiger partial charge in [-0.05, 0) is 55.4 Å². The number of hydrogen-bond donors (Lipinski definition) is 2. The van der Waals surface area contributed by atoms with E-state index in [9.17, 15) is 9.59 Å². The number of carbonyl (C=O) groups excluding carboxylic acids is 2. The van der Waals surface area contributed by atoms with E-state index >= 15 is 0 Å². The highest BCUT2D eigenvalue weighted by atomic mass is 35.5. The second kappa shape index (κ2) is 8.01. The van der Waals surface area contributed by atoms with Crippen molar-refractivity contribution in [3.8, 4) is 0 Å². The number of aryl methyl sites for hydroxylation is 1. The molecule has 0 amide bonds. The molecule has 2 fully saturated rings. The van der Waals surface area contributed by atoms with Gasteiger partial charge in [0.15, 0.2) is 11.6 Å². The van der Waals surface area contributed by atoms with Gasteiger partial charge in [0, 0.05) is 35.1 Å². The van der Waals surface area contributed by atoms with Crippen molar-refractivity contribution in [2.45, 2.75) is 63.7 Å². The van der Waals surface area contributed by atoms with Gasteiger partial charge >= 0.3 is 0 Å². The van der Waals surface area contributed by atoms with Crippen LogP contribution in [0.2, 0.25) is 5.02 Å². The molecule has 160 valence electrons. The quantitative estimate of drug-likeness (QED) is 0.497. The minimum atomic E-state index is -0.137. The molecule has 2 heterocycles. The van der Waals surface area contributed by atoms with Crippen LogP contribution in [0.5, 0.6) is 0 Å². The lowest BCUT2D eigenvalue weighted by Crippen LogP contribution is -2.13. The van der Waals surface area contributed by atoms with E-state index in [0.29, 0.717) is 18.2 Å². The van der Waals surface area contributed by atoms with Crippen LogP contribution in [0.25, 0.3) is 0 Å². The molecule has 5 heteroatoms. The standard InChI is InChI=1S/C26H27ClN2O2/c1-14-6-3-4-8-18(14)26(31)25-21(29-25)13-17-7-5-9-19(23(17)27)24-20(28-24)12-16-10-11-22(30)15(16)2/h3-9,20-21,24-25,28-29H,10-13H2,1-2H3. The molecule has 31 heavy (non-hydrogen) atoms. The van der Waals surface area contributed by atoms with Crippen molar-refractivity contribution in [3.63, 3.8) is 0 Å². The van der Waals surface area contributed by atoms with Gasteiger partial charge in [0.05, 0.1) is 6.04 Å². The molecule has 5 rings (SSSR count). The fraction of sp³-hybridized carbons (Fsp3) is 0.385. The summed E-state index contributed by atoms with van der Waals surface area (Å²) in [5.74, 6) is 0.452. The Bertz CT molecular complexity index is 1110. The summed E-state index contributed by atoms with van der Waals surface area (Å²) in [4.78, 5) is 24.6. The van der Waals surface area contributed by atoms with Gasteiger partial charge in [-0.1, -0.05) is 59.6 Å².